The molecular formula is C14H21N3O. The van der Waals surface area contributed by atoms with Gasteiger partial charge < -0.3 is 10.4 Å². The van der Waals surface area contributed by atoms with Crippen molar-refractivity contribution in [3.05, 3.63) is 24.0 Å². The van der Waals surface area contributed by atoms with Crippen LogP contribution in [0.25, 0.3) is 0 Å². The number of hydrogen-bond acceptors (Lipinski definition) is 4. The molecule has 1 aliphatic heterocycles. The van der Waals surface area contributed by atoms with Gasteiger partial charge in [-0.3, -0.25) is 9.88 Å². The average molecular weight is 247 g/mol. The summed E-state index contributed by atoms with van der Waals surface area (Å²) in [5.74, 6) is 1.20. The summed E-state index contributed by atoms with van der Waals surface area (Å²) in [6, 6.07) is 4.08. The van der Waals surface area contributed by atoms with Crippen LogP contribution in [0.1, 0.15) is 18.5 Å². The minimum absolute atomic E-state index is 0.0726. The van der Waals surface area contributed by atoms with Gasteiger partial charge in [0.25, 0.3) is 0 Å². The second kappa shape index (κ2) is 4.86. The van der Waals surface area contributed by atoms with Crippen molar-refractivity contribution in [3.63, 3.8) is 0 Å². The van der Waals surface area contributed by atoms with Gasteiger partial charge >= 0.3 is 0 Å². The van der Waals surface area contributed by atoms with E-state index in [1.54, 1.807) is 0 Å². The summed E-state index contributed by atoms with van der Waals surface area (Å²) in [7, 11) is 1.93. The molecule has 0 amide bonds. The monoisotopic (exact) mass is 247 g/mol. The molecule has 1 aromatic rings. The number of aliphatic hydroxyl groups excluding tert-OH is 1. The van der Waals surface area contributed by atoms with Gasteiger partial charge in [-0.1, -0.05) is 0 Å². The first-order chi connectivity index (χ1) is 8.76. The number of fused-ring (bicyclic) bond motifs is 1. The minimum atomic E-state index is -0.0726. The Bertz CT molecular complexity index is 423. The number of hydrogen-bond donors (Lipinski definition) is 2. The van der Waals surface area contributed by atoms with Gasteiger partial charge in [0.1, 0.15) is 0 Å². The highest BCUT2D eigenvalue weighted by molar-refractivity contribution is 5.42. The number of likely N-dealkylation sites (tertiary alicyclic amines) is 1. The van der Waals surface area contributed by atoms with E-state index in [9.17, 15) is 5.11 Å². The Labute approximate surface area is 108 Å². The molecule has 2 heterocycles. The van der Waals surface area contributed by atoms with Crippen LogP contribution in [0.2, 0.25) is 0 Å². The molecule has 0 radical (unpaired) electrons. The molecule has 1 aliphatic carbocycles. The maximum Gasteiger partial charge on any atom is 0.0583 e. The summed E-state index contributed by atoms with van der Waals surface area (Å²) >= 11 is 0. The van der Waals surface area contributed by atoms with Crippen LogP contribution < -0.4 is 5.32 Å². The van der Waals surface area contributed by atoms with Crippen molar-refractivity contribution in [3.8, 4) is 0 Å². The highest BCUT2D eigenvalue weighted by Gasteiger charge is 2.41. The molecule has 2 N–H and O–H groups in total. The second-order valence-corrected chi connectivity index (χ2v) is 5.55. The molecule has 1 aromatic heterocycles. The Hall–Kier alpha value is -1.13. The minimum Gasteiger partial charge on any atom is -0.393 e. The van der Waals surface area contributed by atoms with E-state index in [1.165, 1.54) is 6.42 Å². The van der Waals surface area contributed by atoms with Crippen LogP contribution >= 0.6 is 0 Å². The molecule has 18 heavy (non-hydrogen) atoms. The summed E-state index contributed by atoms with van der Waals surface area (Å²) in [5.41, 5.74) is 2.22. The van der Waals surface area contributed by atoms with Crippen molar-refractivity contribution in [2.75, 3.05) is 25.5 Å². The summed E-state index contributed by atoms with van der Waals surface area (Å²) in [4.78, 5) is 6.85. The smallest absolute Gasteiger partial charge is 0.0583 e. The summed E-state index contributed by atoms with van der Waals surface area (Å²) in [6.07, 6.45) is 3.97. The molecule has 98 valence electrons. The molecule has 1 saturated heterocycles. The largest absolute Gasteiger partial charge is 0.393 e. The molecule has 4 heteroatoms. The Kier molecular flexibility index (Phi) is 3.22. The second-order valence-electron chi connectivity index (χ2n) is 5.55. The number of nitrogens with zero attached hydrogens (tertiary/aromatic N) is 2. The van der Waals surface area contributed by atoms with Gasteiger partial charge in [0, 0.05) is 44.5 Å². The zero-order chi connectivity index (χ0) is 12.5. The van der Waals surface area contributed by atoms with Gasteiger partial charge in [-0.25, -0.2) is 0 Å². The van der Waals surface area contributed by atoms with E-state index in [0.29, 0.717) is 11.8 Å². The zero-order valence-corrected chi connectivity index (χ0v) is 10.8. The van der Waals surface area contributed by atoms with E-state index in [1.807, 2.05) is 19.3 Å². The molecule has 3 atom stereocenters. The van der Waals surface area contributed by atoms with Gasteiger partial charge in [-0.15, -0.1) is 0 Å². The van der Waals surface area contributed by atoms with Crippen LogP contribution in [-0.2, 0) is 6.54 Å². The predicted molar refractivity (Wildman–Crippen MR) is 71.3 cm³/mol. The fourth-order valence-corrected chi connectivity index (χ4v) is 3.41. The van der Waals surface area contributed by atoms with Gasteiger partial charge in [0.15, 0.2) is 0 Å². The number of rotatable bonds is 3. The highest BCUT2D eigenvalue weighted by atomic mass is 16.3. The molecule has 2 fully saturated rings. The Morgan fingerprint density at radius 3 is 3.11 bits per heavy atom. The number of pyridine rings is 1. The van der Waals surface area contributed by atoms with Crippen LogP contribution in [0.3, 0.4) is 0 Å². The van der Waals surface area contributed by atoms with Crippen LogP contribution in [0.5, 0.6) is 0 Å². The molecular weight excluding hydrogens is 226 g/mol. The van der Waals surface area contributed by atoms with Crippen molar-refractivity contribution in [1.82, 2.24) is 9.88 Å². The van der Waals surface area contributed by atoms with E-state index < -0.39 is 0 Å². The lowest BCUT2D eigenvalue weighted by Gasteiger charge is -2.17. The van der Waals surface area contributed by atoms with E-state index in [4.69, 9.17) is 0 Å². The van der Waals surface area contributed by atoms with Crippen LogP contribution in [0.4, 0.5) is 5.69 Å². The average Bonchev–Trinajstić information content (AvgIpc) is 2.92. The van der Waals surface area contributed by atoms with Crippen molar-refractivity contribution in [2.45, 2.75) is 25.5 Å². The molecule has 3 unspecified atom stereocenters. The first kappa shape index (κ1) is 11.9. The van der Waals surface area contributed by atoms with E-state index in [-0.39, 0.29) is 6.10 Å². The number of anilines is 1. The molecule has 0 aromatic carbocycles. The lowest BCUT2D eigenvalue weighted by molar-refractivity contribution is 0.123. The fraction of sp³-hybridized carbons (Fsp3) is 0.643. The first-order valence-corrected chi connectivity index (χ1v) is 6.79. The lowest BCUT2D eigenvalue weighted by Crippen LogP contribution is -2.24. The van der Waals surface area contributed by atoms with Gasteiger partial charge in [-0.05, 0) is 30.9 Å². The van der Waals surface area contributed by atoms with Crippen molar-refractivity contribution < 1.29 is 5.11 Å². The molecule has 2 aliphatic rings. The highest BCUT2D eigenvalue weighted by Crippen LogP contribution is 2.38. The van der Waals surface area contributed by atoms with E-state index in [0.717, 1.165) is 37.4 Å². The summed E-state index contributed by atoms with van der Waals surface area (Å²) in [5, 5.41) is 13.1. The predicted octanol–water partition coefficient (Wildman–Crippen LogP) is 1.33. The standard InChI is InChI=1S/C14H21N3O/c1-15-11-4-5-16-12(6-11)8-17-7-10-2-3-14(18)13(10)9-17/h4-6,10,13-14,18H,2-3,7-9H2,1H3,(H,15,16). The van der Waals surface area contributed by atoms with Crippen molar-refractivity contribution in [1.29, 1.82) is 0 Å². The molecule has 3 rings (SSSR count). The molecule has 4 nitrogen and oxygen atoms in total. The van der Waals surface area contributed by atoms with E-state index in [2.05, 4.69) is 21.3 Å². The molecule has 1 saturated carbocycles. The quantitative estimate of drug-likeness (QED) is 0.846. The Morgan fingerprint density at radius 1 is 1.44 bits per heavy atom. The third-order valence-electron chi connectivity index (χ3n) is 4.39. The maximum atomic E-state index is 9.91. The molecule has 0 bridgehead atoms. The summed E-state index contributed by atoms with van der Waals surface area (Å²) < 4.78 is 0. The number of nitrogens with one attached hydrogen (secondary N) is 1. The van der Waals surface area contributed by atoms with Crippen LogP contribution in [0.15, 0.2) is 18.3 Å². The van der Waals surface area contributed by atoms with Crippen LogP contribution in [0, 0.1) is 11.8 Å². The third-order valence-corrected chi connectivity index (χ3v) is 4.39. The zero-order valence-electron chi connectivity index (χ0n) is 10.8. The van der Waals surface area contributed by atoms with Crippen molar-refractivity contribution >= 4 is 5.69 Å². The SMILES string of the molecule is CNc1ccnc(CN2CC3CCC(O)C3C2)c1. The van der Waals surface area contributed by atoms with Crippen LogP contribution in [-0.4, -0.2) is 41.2 Å². The number of aromatic nitrogens is 1. The Morgan fingerprint density at radius 2 is 2.33 bits per heavy atom. The van der Waals surface area contributed by atoms with Crippen molar-refractivity contribution in [2.24, 2.45) is 11.8 Å². The Balaban J connectivity index is 1.64. The van der Waals surface area contributed by atoms with Gasteiger partial charge in [0.05, 0.1) is 11.8 Å². The third kappa shape index (κ3) is 2.22. The number of aliphatic hydroxyl groups is 1. The fourth-order valence-electron chi connectivity index (χ4n) is 3.41. The first-order valence-electron chi connectivity index (χ1n) is 6.79. The maximum absolute atomic E-state index is 9.91. The summed E-state index contributed by atoms with van der Waals surface area (Å²) in [6.45, 7) is 3.04. The van der Waals surface area contributed by atoms with Gasteiger partial charge in [0.2, 0.25) is 0 Å². The lowest BCUT2D eigenvalue weighted by atomic mass is 10.00. The van der Waals surface area contributed by atoms with E-state index >= 15 is 0 Å². The van der Waals surface area contributed by atoms with Gasteiger partial charge in [-0.2, -0.15) is 0 Å². The molecule has 0 spiro atoms. The normalized spacial score (nSPS) is 31.6. The topological polar surface area (TPSA) is 48.4 Å².